The molecule has 2 aromatic heterocycles. The SMILES string of the molecule is Cn1ccc2cc(-c3ccc4oc(N5CCS(=O)CC5)nc4c3)ccc21. The molecule has 0 radical (unpaired) electrons. The number of fused-ring (bicyclic) bond motifs is 2. The van der Waals surface area contributed by atoms with Gasteiger partial charge in [-0.1, -0.05) is 12.1 Å². The molecule has 0 bridgehead atoms. The molecule has 132 valence electrons. The van der Waals surface area contributed by atoms with E-state index < -0.39 is 10.8 Å². The molecule has 1 aliphatic heterocycles. The van der Waals surface area contributed by atoms with E-state index in [1.807, 2.05) is 6.07 Å². The van der Waals surface area contributed by atoms with E-state index in [1.165, 1.54) is 16.5 Å². The summed E-state index contributed by atoms with van der Waals surface area (Å²) >= 11 is 0. The molecule has 0 atom stereocenters. The highest BCUT2D eigenvalue weighted by Gasteiger charge is 2.20. The van der Waals surface area contributed by atoms with Crippen LogP contribution in [-0.2, 0) is 17.8 Å². The van der Waals surface area contributed by atoms with Gasteiger partial charge < -0.3 is 13.9 Å². The van der Waals surface area contributed by atoms with Gasteiger partial charge in [-0.3, -0.25) is 4.21 Å². The van der Waals surface area contributed by atoms with Gasteiger partial charge in [-0.25, -0.2) is 0 Å². The predicted octanol–water partition coefficient (Wildman–Crippen LogP) is 3.56. The van der Waals surface area contributed by atoms with Gasteiger partial charge in [-0.2, -0.15) is 4.98 Å². The lowest BCUT2D eigenvalue weighted by Crippen LogP contribution is -2.37. The van der Waals surface area contributed by atoms with Crippen molar-refractivity contribution in [3.63, 3.8) is 0 Å². The van der Waals surface area contributed by atoms with Crippen molar-refractivity contribution in [2.45, 2.75) is 0 Å². The zero-order chi connectivity index (χ0) is 17.7. The maximum absolute atomic E-state index is 11.5. The number of aryl methyl sites for hydroxylation is 1. The third-order valence-corrected chi connectivity index (χ3v) is 6.32. The Morgan fingerprint density at radius 2 is 1.81 bits per heavy atom. The molecule has 6 heteroatoms. The molecule has 4 aromatic rings. The zero-order valence-electron chi connectivity index (χ0n) is 14.5. The third-order valence-electron chi connectivity index (χ3n) is 5.04. The Balaban J connectivity index is 1.51. The first-order valence-electron chi connectivity index (χ1n) is 8.73. The van der Waals surface area contributed by atoms with E-state index in [4.69, 9.17) is 4.42 Å². The monoisotopic (exact) mass is 365 g/mol. The van der Waals surface area contributed by atoms with E-state index in [2.05, 4.69) is 64.1 Å². The quantitative estimate of drug-likeness (QED) is 0.545. The summed E-state index contributed by atoms with van der Waals surface area (Å²) in [4.78, 5) is 6.75. The minimum atomic E-state index is -0.704. The average molecular weight is 365 g/mol. The van der Waals surface area contributed by atoms with Crippen LogP contribution in [-0.4, -0.2) is 38.4 Å². The lowest BCUT2D eigenvalue weighted by atomic mass is 10.0. The number of anilines is 1. The molecule has 26 heavy (non-hydrogen) atoms. The summed E-state index contributed by atoms with van der Waals surface area (Å²) < 4.78 is 19.6. The summed E-state index contributed by atoms with van der Waals surface area (Å²) in [5.74, 6) is 1.36. The molecule has 5 rings (SSSR count). The van der Waals surface area contributed by atoms with Crippen molar-refractivity contribution < 1.29 is 8.63 Å². The Kier molecular flexibility index (Phi) is 3.60. The van der Waals surface area contributed by atoms with Gasteiger partial charge in [0.05, 0.1) is 0 Å². The second kappa shape index (κ2) is 5.99. The fraction of sp³-hybridized carbons (Fsp3) is 0.250. The molecule has 0 amide bonds. The highest BCUT2D eigenvalue weighted by atomic mass is 32.2. The van der Waals surface area contributed by atoms with Crippen LogP contribution in [0.3, 0.4) is 0 Å². The molecule has 0 aliphatic carbocycles. The lowest BCUT2D eigenvalue weighted by molar-refractivity contribution is 0.572. The lowest BCUT2D eigenvalue weighted by Gasteiger charge is -2.24. The minimum Gasteiger partial charge on any atom is -0.423 e. The van der Waals surface area contributed by atoms with E-state index in [0.29, 0.717) is 17.5 Å². The molecule has 2 aromatic carbocycles. The molecule has 0 spiro atoms. The Morgan fingerprint density at radius 3 is 2.65 bits per heavy atom. The first kappa shape index (κ1) is 15.6. The van der Waals surface area contributed by atoms with E-state index in [1.54, 1.807) is 0 Å². The fourth-order valence-electron chi connectivity index (χ4n) is 3.52. The third kappa shape index (κ3) is 2.61. The molecule has 1 aliphatic rings. The first-order valence-corrected chi connectivity index (χ1v) is 10.2. The van der Waals surface area contributed by atoms with Crippen molar-refractivity contribution in [2.75, 3.05) is 29.5 Å². The molecule has 0 saturated carbocycles. The Morgan fingerprint density at radius 1 is 1.04 bits per heavy atom. The van der Waals surface area contributed by atoms with Crippen molar-refractivity contribution >= 4 is 38.8 Å². The molecule has 0 N–H and O–H groups in total. The number of hydrogen-bond acceptors (Lipinski definition) is 4. The normalized spacial score (nSPS) is 16.0. The van der Waals surface area contributed by atoms with Crippen molar-refractivity contribution in [3.8, 4) is 11.1 Å². The number of aromatic nitrogens is 2. The number of oxazole rings is 1. The summed E-state index contributed by atoms with van der Waals surface area (Å²) in [5, 5.41) is 1.23. The average Bonchev–Trinajstić information content (AvgIpc) is 3.25. The smallest absolute Gasteiger partial charge is 0.298 e. The van der Waals surface area contributed by atoms with Gasteiger partial charge in [0.1, 0.15) is 5.52 Å². The molecule has 0 unspecified atom stereocenters. The van der Waals surface area contributed by atoms with Gasteiger partial charge in [0, 0.05) is 59.5 Å². The molecular weight excluding hydrogens is 346 g/mol. The second-order valence-corrected chi connectivity index (χ2v) is 8.41. The van der Waals surface area contributed by atoms with Crippen LogP contribution in [0.5, 0.6) is 0 Å². The summed E-state index contributed by atoms with van der Waals surface area (Å²) in [6.07, 6.45) is 2.08. The van der Waals surface area contributed by atoms with Crippen LogP contribution in [0.2, 0.25) is 0 Å². The number of benzene rings is 2. The summed E-state index contributed by atoms with van der Waals surface area (Å²) in [6.45, 7) is 1.47. The summed E-state index contributed by atoms with van der Waals surface area (Å²) in [6, 6.07) is 15.4. The van der Waals surface area contributed by atoms with Gasteiger partial charge in [0.25, 0.3) is 6.01 Å². The van der Waals surface area contributed by atoms with E-state index >= 15 is 0 Å². The van der Waals surface area contributed by atoms with Crippen molar-refractivity contribution in [2.24, 2.45) is 7.05 Å². The van der Waals surface area contributed by atoms with Crippen LogP contribution < -0.4 is 4.90 Å². The van der Waals surface area contributed by atoms with Crippen LogP contribution in [0.25, 0.3) is 33.1 Å². The van der Waals surface area contributed by atoms with Gasteiger partial charge >= 0.3 is 0 Å². The molecule has 3 heterocycles. The Hall–Kier alpha value is -2.60. The van der Waals surface area contributed by atoms with Crippen molar-refractivity contribution in [1.29, 1.82) is 0 Å². The Bertz CT molecular complexity index is 1130. The van der Waals surface area contributed by atoms with Crippen LogP contribution in [0.1, 0.15) is 0 Å². The summed E-state index contributed by atoms with van der Waals surface area (Å²) in [7, 11) is 1.35. The number of hydrogen-bond donors (Lipinski definition) is 0. The van der Waals surface area contributed by atoms with E-state index in [0.717, 1.165) is 29.8 Å². The van der Waals surface area contributed by atoms with Gasteiger partial charge in [-0.15, -0.1) is 0 Å². The van der Waals surface area contributed by atoms with E-state index in [-0.39, 0.29) is 0 Å². The van der Waals surface area contributed by atoms with Gasteiger partial charge in [0.15, 0.2) is 5.58 Å². The number of rotatable bonds is 2. The highest BCUT2D eigenvalue weighted by molar-refractivity contribution is 7.85. The molecule has 1 saturated heterocycles. The maximum Gasteiger partial charge on any atom is 0.298 e. The maximum atomic E-state index is 11.5. The van der Waals surface area contributed by atoms with Gasteiger partial charge in [-0.05, 0) is 41.5 Å². The zero-order valence-corrected chi connectivity index (χ0v) is 15.3. The molecule has 1 fully saturated rings. The molecular formula is C20H19N3O2S. The topological polar surface area (TPSA) is 51.3 Å². The highest BCUT2D eigenvalue weighted by Crippen LogP contribution is 2.29. The second-order valence-electron chi connectivity index (χ2n) is 6.71. The largest absolute Gasteiger partial charge is 0.423 e. The first-order chi connectivity index (χ1) is 12.7. The van der Waals surface area contributed by atoms with Crippen molar-refractivity contribution in [1.82, 2.24) is 9.55 Å². The van der Waals surface area contributed by atoms with Crippen LogP contribution >= 0.6 is 0 Å². The van der Waals surface area contributed by atoms with E-state index in [9.17, 15) is 4.21 Å². The van der Waals surface area contributed by atoms with Crippen LogP contribution in [0, 0.1) is 0 Å². The standard InChI is InChI=1S/C20H19N3O2S/c1-22-7-6-16-12-14(2-4-18(16)22)15-3-5-19-17(13-15)21-20(25-19)23-8-10-26(24)11-9-23/h2-7,12-13H,8-11H2,1H3. The fourth-order valence-corrected chi connectivity index (χ4v) is 4.57. The number of nitrogens with zero attached hydrogens (tertiary/aromatic N) is 3. The predicted molar refractivity (Wildman–Crippen MR) is 106 cm³/mol. The van der Waals surface area contributed by atoms with Crippen LogP contribution in [0.15, 0.2) is 53.1 Å². The molecule has 5 nitrogen and oxygen atoms in total. The van der Waals surface area contributed by atoms with Gasteiger partial charge in [0.2, 0.25) is 0 Å². The summed E-state index contributed by atoms with van der Waals surface area (Å²) in [5.41, 5.74) is 5.17. The minimum absolute atomic E-state index is 0.632. The van der Waals surface area contributed by atoms with Crippen LogP contribution in [0.4, 0.5) is 6.01 Å². The Labute approximate surface area is 153 Å². The van der Waals surface area contributed by atoms with Crippen molar-refractivity contribution in [3.05, 3.63) is 48.7 Å².